The molecule has 0 unspecified atom stereocenters. The van der Waals surface area contributed by atoms with Crippen molar-refractivity contribution in [3.8, 4) is 5.75 Å². The topological polar surface area (TPSA) is 53.1 Å². The number of para-hydroxylation sites is 1. The van der Waals surface area contributed by atoms with Crippen LogP contribution in [0, 0.1) is 13.8 Å². The Kier molecular flexibility index (Phi) is 5.16. The van der Waals surface area contributed by atoms with Gasteiger partial charge in [0, 0.05) is 13.0 Å². The van der Waals surface area contributed by atoms with E-state index < -0.39 is 0 Å². The highest BCUT2D eigenvalue weighted by molar-refractivity contribution is 5.78. The fraction of sp³-hybridized carbons (Fsp3) is 0.350. The van der Waals surface area contributed by atoms with Gasteiger partial charge in [0.05, 0.1) is 17.6 Å². The number of aromatic nitrogens is 2. The van der Waals surface area contributed by atoms with E-state index in [2.05, 4.69) is 30.5 Å². The van der Waals surface area contributed by atoms with E-state index in [1.54, 1.807) is 0 Å². The highest BCUT2D eigenvalue weighted by Gasteiger charge is 2.12. The van der Waals surface area contributed by atoms with Crippen molar-refractivity contribution in [2.45, 2.75) is 33.2 Å². The maximum Gasteiger partial charge on any atom is 0.119 e. The smallest absolute Gasteiger partial charge is 0.119 e. The standard InChI is InChI=1S/C20H25N3O/c1-15-13-18-19(14-16(15)2)23(11-6-10-21)20(22-18)9-12-24-17-7-4-3-5-8-17/h3-5,7-8,13-14H,6,9-12,21H2,1-2H3. The molecule has 0 aliphatic heterocycles. The fourth-order valence-electron chi connectivity index (χ4n) is 2.90. The summed E-state index contributed by atoms with van der Waals surface area (Å²) in [6.45, 7) is 6.48. The number of aryl methyl sites for hydroxylation is 3. The molecule has 0 bridgehead atoms. The summed E-state index contributed by atoms with van der Waals surface area (Å²) in [7, 11) is 0. The molecule has 0 amide bonds. The van der Waals surface area contributed by atoms with Crippen molar-refractivity contribution in [2.24, 2.45) is 5.73 Å². The molecule has 0 spiro atoms. The molecule has 0 saturated heterocycles. The number of nitrogens with zero attached hydrogens (tertiary/aromatic N) is 2. The first-order chi connectivity index (χ1) is 11.7. The normalized spacial score (nSPS) is 11.1. The largest absolute Gasteiger partial charge is 0.493 e. The molecule has 4 nitrogen and oxygen atoms in total. The van der Waals surface area contributed by atoms with E-state index in [-0.39, 0.29) is 0 Å². The third kappa shape index (κ3) is 3.60. The van der Waals surface area contributed by atoms with Crippen molar-refractivity contribution in [1.29, 1.82) is 0 Å². The lowest BCUT2D eigenvalue weighted by molar-refractivity contribution is 0.317. The summed E-state index contributed by atoms with van der Waals surface area (Å²) in [6.07, 6.45) is 1.73. The van der Waals surface area contributed by atoms with Crippen LogP contribution in [0.5, 0.6) is 5.75 Å². The summed E-state index contributed by atoms with van der Waals surface area (Å²) >= 11 is 0. The summed E-state index contributed by atoms with van der Waals surface area (Å²) in [6, 6.07) is 14.3. The Bertz CT molecular complexity index is 809. The Morgan fingerprint density at radius 3 is 2.58 bits per heavy atom. The number of ether oxygens (including phenoxy) is 1. The number of imidazole rings is 1. The second kappa shape index (κ2) is 7.49. The van der Waals surface area contributed by atoms with Crippen LogP contribution >= 0.6 is 0 Å². The molecule has 3 aromatic rings. The minimum Gasteiger partial charge on any atom is -0.493 e. The second-order valence-corrected chi connectivity index (χ2v) is 6.16. The number of hydrogen-bond acceptors (Lipinski definition) is 3. The molecule has 0 fully saturated rings. The van der Waals surface area contributed by atoms with Gasteiger partial charge in [0.2, 0.25) is 0 Å². The monoisotopic (exact) mass is 323 g/mol. The third-order valence-electron chi connectivity index (χ3n) is 4.37. The summed E-state index contributed by atoms with van der Waals surface area (Å²) in [5, 5.41) is 0. The number of hydrogen-bond donors (Lipinski definition) is 1. The summed E-state index contributed by atoms with van der Waals surface area (Å²) in [4.78, 5) is 4.84. The van der Waals surface area contributed by atoms with E-state index in [1.807, 2.05) is 30.3 Å². The first-order valence-corrected chi connectivity index (χ1v) is 8.53. The molecule has 126 valence electrons. The fourth-order valence-corrected chi connectivity index (χ4v) is 2.90. The maximum absolute atomic E-state index is 5.83. The molecule has 0 atom stereocenters. The van der Waals surface area contributed by atoms with E-state index in [1.165, 1.54) is 16.6 Å². The number of rotatable bonds is 7. The summed E-state index contributed by atoms with van der Waals surface area (Å²) < 4.78 is 8.13. The number of nitrogens with two attached hydrogens (primary N) is 1. The molecular formula is C20H25N3O. The highest BCUT2D eigenvalue weighted by Crippen LogP contribution is 2.22. The number of benzene rings is 2. The Morgan fingerprint density at radius 1 is 1.08 bits per heavy atom. The van der Waals surface area contributed by atoms with E-state index in [0.29, 0.717) is 13.2 Å². The summed E-state index contributed by atoms with van der Waals surface area (Å²) in [5.41, 5.74) is 10.5. The van der Waals surface area contributed by atoms with E-state index >= 15 is 0 Å². The lowest BCUT2D eigenvalue weighted by Crippen LogP contribution is -2.11. The van der Waals surface area contributed by atoms with Crippen LogP contribution in [0.3, 0.4) is 0 Å². The van der Waals surface area contributed by atoms with Crippen LogP contribution in [-0.2, 0) is 13.0 Å². The predicted octanol–water partition coefficient (Wildman–Crippen LogP) is 3.62. The molecular weight excluding hydrogens is 298 g/mol. The average Bonchev–Trinajstić information content (AvgIpc) is 2.91. The van der Waals surface area contributed by atoms with Crippen molar-refractivity contribution in [1.82, 2.24) is 9.55 Å². The maximum atomic E-state index is 5.83. The third-order valence-corrected chi connectivity index (χ3v) is 4.37. The molecule has 0 saturated carbocycles. The first kappa shape index (κ1) is 16.5. The molecule has 1 heterocycles. The molecule has 0 aliphatic carbocycles. The van der Waals surface area contributed by atoms with E-state index in [4.69, 9.17) is 15.5 Å². The van der Waals surface area contributed by atoms with Crippen molar-refractivity contribution >= 4 is 11.0 Å². The minimum absolute atomic E-state index is 0.619. The van der Waals surface area contributed by atoms with Crippen molar-refractivity contribution in [2.75, 3.05) is 13.2 Å². The van der Waals surface area contributed by atoms with Gasteiger partial charge in [-0.3, -0.25) is 0 Å². The van der Waals surface area contributed by atoms with Crippen molar-refractivity contribution in [3.63, 3.8) is 0 Å². The van der Waals surface area contributed by atoms with Gasteiger partial charge in [-0.1, -0.05) is 18.2 Å². The summed E-state index contributed by atoms with van der Waals surface area (Å²) in [5.74, 6) is 1.97. The van der Waals surface area contributed by atoms with Gasteiger partial charge < -0.3 is 15.0 Å². The molecule has 2 N–H and O–H groups in total. The van der Waals surface area contributed by atoms with Crippen LogP contribution < -0.4 is 10.5 Å². The van der Waals surface area contributed by atoms with Crippen LogP contribution in [-0.4, -0.2) is 22.7 Å². The van der Waals surface area contributed by atoms with Crippen LogP contribution in [0.2, 0.25) is 0 Å². The molecule has 24 heavy (non-hydrogen) atoms. The van der Waals surface area contributed by atoms with Crippen LogP contribution in [0.4, 0.5) is 0 Å². The Labute approximate surface area is 143 Å². The van der Waals surface area contributed by atoms with Crippen molar-refractivity contribution < 1.29 is 4.74 Å². The van der Waals surface area contributed by atoms with Crippen LogP contribution in [0.15, 0.2) is 42.5 Å². The molecule has 0 aliphatic rings. The Morgan fingerprint density at radius 2 is 1.83 bits per heavy atom. The van der Waals surface area contributed by atoms with Gasteiger partial charge in [0.15, 0.2) is 0 Å². The van der Waals surface area contributed by atoms with Gasteiger partial charge in [-0.05, 0) is 62.2 Å². The predicted molar refractivity (Wildman–Crippen MR) is 98.5 cm³/mol. The molecule has 1 aromatic heterocycles. The first-order valence-electron chi connectivity index (χ1n) is 8.53. The zero-order chi connectivity index (χ0) is 16.9. The molecule has 0 radical (unpaired) electrons. The molecule has 4 heteroatoms. The number of fused-ring (bicyclic) bond motifs is 1. The van der Waals surface area contributed by atoms with E-state index in [0.717, 1.165) is 36.5 Å². The quantitative estimate of drug-likeness (QED) is 0.722. The molecule has 2 aromatic carbocycles. The second-order valence-electron chi connectivity index (χ2n) is 6.16. The lowest BCUT2D eigenvalue weighted by Gasteiger charge is -2.10. The van der Waals surface area contributed by atoms with Crippen LogP contribution in [0.25, 0.3) is 11.0 Å². The van der Waals surface area contributed by atoms with Crippen molar-refractivity contribution in [3.05, 3.63) is 59.4 Å². The zero-order valence-corrected chi connectivity index (χ0v) is 14.5. The molecule has 3 rings (SSSR count). The zero-order valence-electron chi connectivity index (χ0n) is 14.5. The van der Waals surface area contributed by atoms with Gasteiger partial charge in [0.25, 0.3) is 0 Å². The van der Waals surface area contributed by atoms with Gasteiger partial charge in [-0.15, -0.1) is 0 Å². The highest BCUT2D eigenvalue weighted by atomic mass is 16.5. The Balaban J connectivity index is 1.82. The van der Waals surface area contributed by atoms with Gasteiger partial charge in [-0.25, -0.2) is 4.98 Å². The Hall–Kier alpha value is -2.33. The van der Waals surface area contributed by atoms with Crippen LogP contribution in [0.1, 0.15) is 23.4 Å². The van der Waals surface area contributed by atoms with Gasteiger partial charge >= 0.3 is 0 Å². The average molecular weight is 323 g/mol. The van der Waals surface area contributed by atoms with Gasteiger partial charge in [-0.2, -0.15) is 0 Å². The lowest BCUT2D eigenvalue weighted by atomic mass is 10.1. The minimum atomic E-state index is 0.619. The van der Waals surface area contributed by atoms with E-state index in [9.17, 15) is 0 Å². The van der Waals surface area contributed by atoms with Gasteiger partial charge in [0.1, 0.15) is 11.6 Å². The SMILES string of the molecule is Cc1cc2nc(CCOc3ccccc3)n(CCCN)c2cc1C.